The second kappa shape index (κ2) is 7.12. The van der Waals surface area contributed by atoms with E-state index in [9.17, 15) is 4.39 Å². The van der Waals surface area contributed by atoms with Gasteiger partial charge in [0.25, 0.3) is 0 Å². The van der Waals surface area contributed by atoms with Crippen LogP contribution in [0.4, 0.5) is 4.39 Å². The molecule has 0 unspecified atom stereocenters. The van der Waals surface area contributed by atoms with Gasteiger partial charge in [0.2, 0.25) is 0 Å². The molecule has 112 valence electrons. The van der Waals surface area contributed by atoms with Gasteiger partial charge in [0.15, 0.2) is 0 Å². The minimum absolute atomic E-state index is 0.219. The first kappa shape index (κ1) is 16.1. The Kier molecular flexibility index (Phi) is 5.45. The van der Waals surface area contributed by atoms with E-state index >= 15 is 0 Å². The van der Waals surface area contributed by atoms with E-state index in [0.717, 1.165) is 5.56 Å². The molecule has 0 saturated carbocycles. The van der Waals surface area contributed by atoms with Crippen LogP contribution in [-0.4, -0.2) is 6.04 Å². The van der Waals surface area contributed by atoms with Gasteiger partial charge in [-0.15, -0.1) is 0 Å². The molecule has 0 aliphatic heterocycles. The highest BCUT2D eigenvalue weighted by molar-refractivity contribution is 6.32. The number of hydrogen-bond acceptors (Lipinski definition) is 2. The number of benzene rings is 2. The van der Waals surface area contributed by atoms with E-state index in [1.165, 1.54) is 18.2 Å². The van der Waals surface area contributed by atoms with Crippen LogP contribution < -0.4 is 10.1 Å². The van der Waals surface area contributed by atoms with Crippen molar-refractivity contribution in [2.75, 3.05) is 0 Å². The molecular formula is C16H16Cl2FNO. The largest absolute Gasteiger partial charge is 0.456 e. The van der Waals surface area contributed by atoms with Crippen molar-refractivity contribution in [1.29, 1.82) is 0 Å². The fourth-order valence-corrected chi connectivity index (χ4v) is 2.18. The van der Waals surface area contributed by atoms with E-state index in [0.29, 0.717) is 29.1 Å². The summed E-state index contributed by atoms with van der Waals surface area (Å²) in [6.07, 6.45) is 0. The lowest BCUT2D eigenvalue weighted by molar-refractivity contribution is 0.480. The first-order valence-electron chi connectivity index (χ1n) is 6.60. The fraction of sp³-hybridized carbons (Fsp3) is 0.250. The van der Waals surface area contributed by atoms with Gasteiger partial charge >= 0.3 is 0 Å². The Bertz CT molecular complexity index is 632. The Hall–Kier alpha value is -1.29. The maximum Gasteiger partial charge on any atom is 0.146 e. The summed E-state index contributed by atoms with van der Waals surface area (Å²) in [7, 11) is 0. The number of hydrogen-bond donors (Lipinski definition) is 1. The van der Waals surface area contributed by atoms with Gasteiger partial charge in [0.1, 0.15) is 17.3 Å². The molecule has 2 aromatic carbocycles. The SMILES string of the molecule is CC(C)NCc1ccc(Oc2ccc(F)cc2Cl)cc1Cl. The molecule has 0 radical (unpaired) electrons. The third-order valence-electron chi connectivity index (χ3n) is 2.85. The molecule has 0 aliphatic carbocycles. The highest BCUT2D eigenvalue weighted by Gasteiger charge is 2.07. The number of rotatable bonds is 5. The van der Waals surface area contributed by atoms with Crippen LogP contribution in [0.2, 0.25) is 10.0 Å². The van der Waals surface area contributed by atoms with Gasteiger partial charge in [-0.05, 0) is 35.9 Å². The second-order valence-corrected chi connectivity index (χ2v) is 5.78. The summed E-state index contributed by atoms with van der Waals surface area (Å²) >= 11 is 12.2. The molecule has 0 fully saturated rings. The molecule has 2 nitrogen and oxygen atoms in total. The van der Waals surface area contributed by atoms with Crippen molar-refractivity contribution >= 4 is 23.2 Å². The van der Waals surface area contributed by atoms with E-state index in [1.54, 1.807) is 6.07 Å². The van der Waals surface area contributed by atoms with E-state index < -0.39 is 5.82 Å². The molecular weight excluding hydrogens is 312 g/mol. The van der Waals surface area contributed by atoms with Gasteiger partial charge < -0.3 is 10.1 Å². The van der Waals surface area contributed by atoms with Gasteiger partial charge in [-0.25, -0.2) is 4.39 Å². The molecule has 0 bridgehead atoms. The van der Waals surface area contributed by atoms with Crippen LogP contribution >= 0.6 is 23.2 Å². The zero-order valence-electron chi connectivity index (χ0n) is 11.8. The molecule has 1 N–H and O–H groups in total. The van der Waals surface area contributed by atoms with Crippen molar-refractivity contribution in [2.24, 2.45) is 0 Å². The summed E-state index contributed by atoms with van der Waals surface area (Å²) in [5.74, 6) is 0.546. The summed E-state index contributed by atoms with van der Waals surface area (Å²) in [5, 5.41) is 4.13. The maximum atomic E-state index is 13.0. The van der Waals surface area contributed by atoms with E-state index in [1.807, 2.05) is 12.1 Å². The first-order valence-corrected chi connectivity index (χ1v) is 7.36. The van der Waals surface area contributed by atoms with Crippen LogP contribution in [0.1, 0.15) is 19.4 Å². The van der Waals surface area contributed by atoms with Crippen molar-refractivity contribution in [3.8, 4) is 11.5 Å². The summed E-state index contributed by atoms with van der Waals surface area (Å²) < 4.78 is 18.6. The molecule has 0 atom stereocenters. The Morgan fingerprint density at radius 3 is 2.48 bits per heavy atom. The monoisotopic (exact) mass is 327 g/mol. The summed E-state index contributed by atoms with van der Waals surface area (Å²) in [6.45, 7) is 4.83. The number of ether oxygens (including phenoxy) is 1. The highest BCUT2D eigenvalue weighted by atomic mass is 35.5. The van der Waals surface area contributed by atoms with Gasteiger partial charge in [0.05, 0.1) is 5.02 Å². The molecule has 0 aromatic heterocycles. The van der Waals surface area contributed by atoms with Gasteiger partial charge in [-0.2, -0.15) is 0 Å². The van der Waals surface area contributed by atoms with Crippen molar-refractivity contribution < 1.29 is 9.13 Å². The van der Waals surface area contributed by atoms with Crippen molar-refractivity contribution in [1.82, 2.24) is 5.32 Å². The average Bonchev–Trinajstić information content (AvgIpc) is 2.41. The van der Waals surface area contributed by atoms with Crippen LogP contribution in [0.25, 0.3) is 0 Å². The Labute approximate surface area is 133 Å². The van der Waals surface area contributed by atoms with Crippen molar-refractivity contribution in [3.63, 3.8) is 0 Å². The van der Waals surface area contributed by atoms with Gasteiger partial charge in [-0.1, -0.05) is 43.1 Å². The lowest BCUT2D eigenvalue weighted by Gasteiger charge is -2.12. The Morgan fingerprint density at radius 2 is 1.86 bits per heavy atom. The quantitative estimate of drug-likeness (QED) is 0.791. The summed E-state index contributed by atoms with van der Waals surface area (Å²) in [6, 6.07) is 9.80. The lowest BCUT2D eigenvalue weighted by atomic mass is 10.2. The molecule has 2 rings (SSSR count). The predicted octanol–water partition coefficient (Wildman–Crippen LogP) is 5.42. The molecule has 0 saturated heterocycles. The zero-order chi connectivity index (χ0) is 15.4. The van der Waals surface area contributed by atoms with Crippen LogP contribution in [0.3, 0.4) is 0 Å². The third-order valence-corrected chi connectivity index (χ3v) is 3.49. The first-order chi connectivity index (χ1) is 9.95. The van der Waals surface area contributed by atoms with Crippen LogP contribution in [0.15, 0.2) is 36.4 Å². The highest BCUT2D eigenvalue weighted by Crippen LogP contribution is 2.31. The predicted molar refractivity (Wildman–Crippen MR) is 84.9 cm³/mol. The maximum absolute atomic E-state index is 13.0. The molecule has 5 heteroatoms. The van der Waals surface area contributed by atoms with Crippen LogP contribution in [0, 0.1) is 5.82 Å². The molecule has 0 spiro atoms. The normalized spacial score (nSPS) is 11.0. The molecule has 21 heavy (non-hydrogen) atoms. The van der Waals surface area contributed by atoms with Crippen molar-refractivity contribution in [3.05, 3.63) is 57.8 Å². The van der Waals surface area contributed by atoms with E-state index in [4.69, 9.17) is 27.9 Å². The summed E-state index contributed by atoms with van der Waals surface area (Å²) in [4.78, 5) is 0. The fourth-order valence-electron chi connectivity index (χ4n) is 1.73. The Balaban J connectivity index is 2.12. The molecule has 0 aliphatic rings. The van der Waals surface area contributed by atoms with E-state index in [2.05, 4.69) is 19.2 Å². The molecule has 0 heterocycles. The molecule has 0 amide bonds. The zero-order valence-corrected chi connectivity index (χ0v) is 13.3. The minimum atomic E-state index is -0.402. The topological polar surface area (TPSA) is 21.3 Å². The van der Waals surface area contributed by atoms with Gasteiger partial charge in [-0.3, -0.25) is 0 Å². The van der Waals surface area contributed by atoms with Crippen LogP contribution in [-0.2, 0) is 6.54 Å². The average molecular weight is 328 g/mol. The Morgan fingerprint density at radius 1 is 1.10 bits per heavy atom. The van der Waals surface area contributed by atoms with Gasteiger partial charge in [0, 0.05) is 17.6 Å². The smallest absolute Gasteiger partial charge is 0.146 e. The third kappa shape index (κ3) is 4.60. The van der Waals surface area contributed by atoms with Crippen LogP contribution in [0.5, 0.6) is 11.5 Å². The van der Waals surface area contributed by atoms with E-state index in [-0.39, 0.29) is 5.02 Å². The standard InChI is InChI=1S/C16H16Cl2FNO/c1-10(2)20-9-11-3-5-13(8-14(11)17)21-16-6-4-12(19)7-15(16)18/h3-8,10,20H,9H2,1-2H3. The summed E-state index contributed by atoms with van der Waals surface area (Å²) in [5.41, 5.74) is 0.989. The number of halogens is 3. The minimum Gasteiger partial charge on any atom is -0.456 e. The molecule has 2 aromatic rings. The second-order valence-electron chi connectivity index (χ2n) is 4.97. The number of nitrogens with one attached hydrogen (secondary N) is 1. The van der Waals surface area contributed by atoms with Crippen molar-refractivity contribution in [2.45, 2.75) is 26.4 Å². The lowest BCUT2D eigenvalue weighted by Crippen LogP contribution is -2.21.